The monoisotopic (exact) mass is 272 g/mol. The zero-order valence-corrected chi connectivity index (χ0v) is 12.6. The molecule has 1 unspecified atom stereocenters. The summed E-state index contributed by atoms with van der Waals surface area (Å²) < 4.78 is 5.32. The third-order valence-corrected chi connectivity index (χ3v) is 4.39. The fourth-order valence-corrected chi connectivity index (χ4v) is 3.36. The van der Waals surface area contributed by atoms with E-state index in [0.717, 1.165) is 19.6 Å². The van der Waals surface area contributed by atoms with E-state index in [-0.39, 0.29) is 0 Å². The third-order valence-electron chi connectivity index (χ3n) is 4.39. The Bertz CT molecular complexity index is 510. The summed E-state index contributed by atoms with van der Waals surface area (Å²) >= 11 is 0. The van der Waals surface area contributed by atoms with Crippen LogP contribution in [0.5, 0.6) is 0 Å². The van der Waals surface area contributed by atoms with E-state index in [1.807, 2.05) is 0 Å². The molecule has 108 valence electrons. The molecule has 1 atom stereocenters. The highest BCUT2D eigenvalue weighted by molar-refractivity contribution is 6.02. The first-order valence-corrected chi connectivity index (χ1v) is 7.71. The number of aryl methyl sites for hydroxylation is 2. The smallest absolute Gasteiger partial charge is 0.0704 e. The number of fused-ring (bicyclic) bond motifs is 1. The van der Waals surface area contributed by atoms with Gasteiger partial charge in [-0.05, 0) is 44.6 Å². The van der Waals surface area contributed by atoms with Crippen molar-refractivity contribution in [3.8, 4) is 0 Å². The van der Waals surface area contributed by atoms with Gasteiger partial charge in [-0.2, -0.15) is 5.10 Å². The topological polar surface area (TPSA) is 24.8 Å². The molecule has 1 aromatic rings. The number of benzene rings is 1. The Morgan fingerprint density at radius 2 is 2.20 bits per heavy atom. The van der Waals surface area contributed by atoms with E-state index in [2.05, 4.69) is 30.1 Å². The van der Waals surface area contributed by atoms with Gasteiger partial charge in [0.05, 0.1) is 18.4 Å². The summed E-state index contributed by atoms with van der Waals surface area (Å²) in [7, 11) is 1.78. The molecule has 1 aromatic carbocycles. The van der Waals surface area contributed by atoms with Crippen LogP contribution in [0.25, 0.3) is 0 Å². The minimum Gasteiger partial charge on any atom is -0.382 e. The minimum atomic E-state index is 0.461. The lowest BCUT2D eigenvalue weighted by molar-refractivity contribution is 0.118. The van der Waals surface area contributed by atoms with Gasteiger partial charge in [-0.3, -0.25) is 5.01 Å². The quantitative estimate of drug-likeness (QED) is 0.844. The van der Waals surface area contributed by atoms with Crippen molar-refractivity contribution in [1.82, 2.24) is 5.01 Å². The Labute approximate surface area is 121 Å². The van der Waals surface area contributed by atoms with Crippen LogP contribution in [0.2, 0.25) is 0 Å². The molecule has 1 saturated heterocycles. The standard InChI is InChI=1S/C17H24N2O/c1-13-8-9-16-14(11-13)5-3-7-17(16)18-19-10-4-6-15(19)12-20-2/h8-9,11,15H,3-7,10,12H2,1-2H3. The van der Waals surface area contributed by atoms with E-state index >= 15 is 0 Å². The summed E-state index contributed by atoms with van der Waals surface area (Å²) in [4.78, 5) is 0. The maximum atomic E-state index is 5.32. The predicted octanol–water partition coefficient (Wildman–Crippen LogP) is 3.15. The second-order valence-electron chi connectivity index (χ2n) is 5.98. The van der Waals surface area contributed by atoms with Crippen molar-refractivity contribution >= 4 is 5.71 Å². The third kappa shape index (κ3) is 2.73. The van der Waals surface area contributed by atoms with Crippen molar-refractivity contribution in [1.29, 1.82) is 0 Å². The molecule has 1 heterocycles. The maximum absolute atomic E-state index is 5.32. The molecular formula is C17H24N2O. The fraction of sp³-hybridized carbons (Fsp3) is 0.588. The van der Waals surface area contributed by atoms with Crippen LogP contribution >= 0.6 is 0 Å². The van der Waals surface area contributed by atoms with Crippen molar-refractivity contribution in [3.63, 3.8) is 0 Å². The molecule has 1 fully saturated rings. The molecule has 0 aromatic heterocycles. The largest absolute Gasteiger partial charge is 0.382 e. The van der Waals surface area contributed by atoms with Crippen LogP contribution in [-0.2, 0) is 11.2 Å². The SMILES string of the molecule is COCC1CCCN1N=C1CCCc2cc(C)ccc21. The molecule has 0 bridgehead atoms. The number of hydrogen-bond donors (Lipinski definition) is 0. The first kappa shape index (κ1) is 13.6. The van der Waals surface area contributed by atoms with E-state index in [1.165, 1.54) is 48.1 Å². The molecule has 0 amide bonds. The molecule has 1 aliphatic heterocycles. The van der Waals surface area contributed by atoms with E-state index in [9.17, 15) is 0 Å². The van der Waals surface area contributed by atoms with Gasteiger partial charge in [0.1, 0.15) is 0 Å². The number of nitrogens with zero attached hydrogens (tertiary/aromatic N) is 2. The van der Waals surface area contributed by atoms with Crippen LogP contribution in [-0.4, -0.2) is 37.0 Å². The van der Waals surface area contributed by atoms with Crippen LogP contribution in [0.3, 0.4) is 0 Å². The lowest BCUT2D eigenvalue weighted by Crippen LogP contribution is -2.30. The Balaban J connectivity index is 1.86. The molecule has 20 heavy (non-hydrogen) atoms. The average molecular weight is 272 g/mol. The number of rotatable bonds is 3. The normalized spacial score (nSPS) is 24.2. The van der Waals surface area contributed by atoms with Gasteiger partial charge in [-0.15, -0.1) is 0 Å². The molecule has 0 saturated carbocycles. The fourth-order valence-electron chi connectivity index (χ4n) is 3.36. The van der Waals surface area contributed by atoms with Crippen molar-refractivity contribution in [2.75, 3.05) is 20.3 Å². The second-order valence-corrected chi connectivity index (χ2v) is 5.98. The highest BCUT2D eigenvalue weighted by Crippen LogP contribution is 2.25. The minimum absolute atomic E-state index is 0.461. The first-order valence-electron chi connectivity index (χ1n) is 7.71. The van der Waals surface area contributed by atoms with Gasteiger partial charge >= 0.3 is 0 Å². The molecule has 3 nitrogen and oxygen atoms in total. The summed E-state index contributed by atoms with van der Waals surface area (Å²) in [6.45, 7) is 4.02. The summed E-state index contributed by atoms with van der Waals surface area (Å²) in [6.07, 6.45) is 5.94. The molecule has 0 spiro atoms. The molecule has 0 N–H and O–H groups in total. The number of hydrogen-bond acceptors (Lipinski definition) is 3. The van der Waals surface area contributed by atoms with E-state index < -0.39 is 0 Å². The van der Waals surface area contributed by atoms with Gasteiger partial charge in [-0.25, -0.2) is 0 Å². The summed E-state index contributed by atoms with van der Waals surface area (Å²) in [6, 6.07) is 7.24. The van der Waals surface area contributed by atoms with Crippen molar-refractivity contribution in [3.05, 3.63) is 34.9 Å². The summed E-state index contributed by atoms with van der Waals surface area (Å²) in [5.41, 5.74) is 5.46. The van der Waals surface area contributed by atoms with Gasteiger partial charge in [0.25, 0.3) is 0 Å². The van der Waals surface area contributed by atoms with Crippen molar-refractivity contribution in [2.45, 2.75) is 45.1 Å². The molecule has 0 radical (unpaired) electrons. The Kier molecular flexibility index (Phi) is 4.06. The number of methoxy groups -OCH3 is 1. The highest BCUT2D eigenvalue weighted by atomic mass is 16.5. The lowest BCUT2D eigenvalue weighted by Gasteiger charge is -2.25. The Morgan fingerprint density at radius 1 is 1.30 bits per heavy atom. The van der Waals surface area contributed by atoms with Gasteiger partial charge in [0.2, 0.25) is 0 Å². The number of ether oxygens (including phenoxy) is 1. The van der Waals surface area contributed by atoms with Gasteiger partial charge in [0.15, 0.2) is 0 Å². The van der Waals surface area contributed by atoms with Crippen LogP contribution in [0.1, 0.15) is 42.4 Å². The second kappa shape index (κ2) is 5.96. The number of hydrazone groups is 1. The van der Waals surface area contributed by atoms with Crippen LogP contribution < -0.4 is 0 Å². The highest BCUT2D eigenvalue weighted by Gasteiger charge is 2.25. The molecule has 3 rings (SSSR count). The zero-order chi connectivity index (χ0) is 13.9. The van der Waals surface area contributed by atoms with Crippen LogP contribution in [0.15, 0.2) is 23.3 Å². The zero-order valence-electron chi connectivity index (χ0n) is 12.6. The molecular weight excluding hydrogens is 248 g/mol. The average Bonchev–Trinajstić information content (AvgIpc) is 2.86. The van der Waals surface area contributed by atoms with Gasteiger partial charge in [-0.1, -0.05) is 23.8 Å². The van der Waals surface area contributed by atoms with E-state index in [0.29, 0.717) is 6.04 Å². The molecule has 1 aliphatic carbocycles. The maximum Gasteiger partial charge on any atom is 0.0704 e. The van der Waals surface area contributed by atoms with Crippen LogP contribution in [0.4, 0.5) is 0 Å². The van der Waals surface area contributed by atoms with E-state index in [4.69, 9.17) is 9.84 Å². The summed E-state index contributed by atoms with van der Waals surface area (Å²) in [5, 5.41) is 7.23. The predicted molar refractivity (Wildman–Crippen MR) is 82.3 cm³/mol. The lowest BCUT2D eigenvalue weighted by atomic mass is 9.89. The molecule has 3 heteroatoms. The van der Waals surface area contributed by atoms with Gasteiger partial charge in [0, 0.05) is 19.2 Å². The van der Waals surface area contributed by atoms with Crippen molar-refractivity contribution < 1.29 is 4.74 Å². The van der Waals surface area contributed by atoms with Crippen molar-refractivity contribution in [2.24, 2.45) is 5.10 Å². The summed E-state index contributed by atoms with van der Waals surface area (Å²) in [5.74, 6) is 0. The van der Waals surface area contributed by atoms with Gasteiger partial charge < -0.3 is 4.74 Å². The Hall–Kier alpha value is -1.35. The first-order chi connectivity index (χ1) is 9.78. The Morgan fingerprint density at radius 3 is 3.05 bits per heavy atom. The molecule has 2 aliphatic rings. The van der Waals surface area contributed by atoms with E-state index in [1.54, 1.807) is 7.11 Å². The van der Waals surface area contributed by atoms with Crippen LogP contribution in [0, 0.1) is 6.92 Å².